The molecule has 4 heteroatoms. The second kappa shape index (κ2) is 6.07. The molecule has 1 aromatic rings. The second-order valence-corrected chi connectivity index (χ2v) is 5.69. The fourth-order valence-electron chi connectivity index (χ4n) is 2.92. The molecule has 1 N–H and O–H groups in total. The SMILES string of the molecule is CCC1CCNC(Cc2c(Cl)c(C)nn2CC)C1. The van der Waals surface area contributed by atoms with Gasteiger partial charge in [0.25, 0.3) is 0 Å². The van der Waals surface area contributed by atoms with Crippen LogP contribution in [0.15, 0.2) is 0 Å². The van der Waals surface area contributed by atoms with Gasteiger partial charge in [0.2, 0.25) is 0 Å². The predicted octanol–water partition coefficient (Wildman–Crippen LogP) is 3.19. The van der Waals surface area contributed by atoms with E-state index in [1.165, 1.54) is 25.0 Å². The van der Waals surface area contributed by atoms with Gasteiger partial charge < -0.3 is 5.32 Å². The smallest absolute Gasteiger partial charge is 0.0847 e. The molecule has 1 aliphatic rings. The fraction of sp³-hybridized carbons (Fsp3) is 0.786. The Bertz CT molecular complexity index is 400. The maximum Gasteiger partial charge on any atom is 0.0847 e. The van der Waals surface area contributed by atoms with Gasteiger partial charge in [0.1, 0.15) is 0 Å². The first-order chi connectivity index (χ1) is 8.65. The van der Waals surface area contributed by atoms with Crippen LogP contribution in [0.1, 0.15) is 44.5 Å². The normalized spacial score (nSPS) is 24.4. The van der Waals surface area contributed by atoms with Crippen molar-refractivity contribution in [3.05, 3.63) is 16.4 Å². The minimum Gasteiger partial charge on any atom is -0.314 e. The lowest BCUT2D eigenvalue weighted by atomic mass is 9.88. The van der Waals surface area contributed by atoms with Crippen LogP contribution in [-0.2, 0) is 13.0 Å². The number of piperidine rings is 1. The average molecular weight is 270 g/mol. The molecule has 1 aromatic heterocycles. The number of halogens is 1. The lowest BCUT2D eigenvalue weighted by molar-refractivity contribution is 0.291. The van der Waals surface area contributed by atoms with Gasteiger partial charge in [-0.15, -0.1) is 0 Å². The Kier molecular flexibility index (Phi) is 4.68. The lowest BCUT2D eigenvalue weighted by Gasteiger charge is -2.30. The highest BCUT2D eigenvalue weighted by Crippen LogP contribution is 2.26. The van der Waals surface area contributed by atoms with Crippen LogP contribution >= 0.6 is 11.6 Å². The van der Waals surface area contributed by atoms with Crippen LogP contribution in [0.25, 0.3) is 0 Å². The molecule has 102 valence electrons. The number of aromatic nitrogens is 2. The van der Waals surface area contributed by atoms with E-state index in [4.69, 9.17) is 11.6 Å². The van der Waals surface area contributed by atoms with E-state index >= 15 is 0 Å². The van der Waals surface area contributed by atoms with Crippen molar-refractivity contribution in [3.63, 3.8) is 0 Å². The van der Waals surface area contributed by atoms with Crippen molar-refractivity contribution in [2.45, 2.75) is 59.0 Å². The molecule has 0 amide bonds. The van der Waals surface area contributed by atoms with Crippen molar-refractivity contribution in [2.24, 2.45) is 5.92 Å². The molecule has 1 aliphatic heterocycles. The molecule has 0 radical (unpaired) electrons. The maximum absolute atomic E-state index is 6.37. The minimum atomic E-state index is 0.558. The van der Waals surface area contributed by atoms with E-state index in [-0.39, 0.29) is 0 Å². The summed E-state index contributed by atoms with van der Waals surface area (Å²) in [5.41, 5.74) is 2.15. The fourth-order valence-corrected chi connectivity index (χ4v) is 3.13. The first kappa shape index (κ1) is 13.9. The Labute approximate surface area is 115 Å². The Hall–Kier alpha value is -0.540. The van der Waals surface area contributed by atoms with Gasteiger partial charge in [-0.25, -0.2) is 0 Å². The highest BCUT2D eigenvalue weighted by atomic mass is 35.5. The number of rotatable bonds is 4. The van der Waals surface area contributed by atoms with Crippen molar-refractivity contribution in [1.29, 1.82) is 0 Å². The van der Waals surface area contributed by atoms with Crippen LogP contribution < -0.4 is 5.32 Å². The summed E-state index contributed by atoms with van der Waals surface area (Å²) < 4.78 is 2.05. The average Bonchev–Trinajstić information content (AvgIpc) is 2.67. The summed E-state index contributed by atoms with van der Waals surface area (Å²) in [5.74, 6) is 0.870. The molecule has 3 nitrogen and oxygen atoms in total. The van der Waals surface area contributed by atoms with Crippen molar-refractivity contribution < 1.29 is 0 Å². The van der Waals surface area contributed by atoms with Gasteiger partial charge in [-0.2, -0.15) is 5.10 Å². The summed E-state index contributed by atoms with van der Waals surface area (Å²) in [7, 11) is 0. The lowest BCUT2D eigenvalue weighted by Crippen LogP contribution is -2.39. The van der Waals surface area contributed by atoms with Crippen molar-refractivity contribution >= 4 is 11.6 Å². The zero-order chi connectivity index (χ0) is 13.1. The second-order valence-electron chi connectivity index (χ2n) is 5.32. The number of hydrogen-bond donors (Lipinski definition) is 1. The van der Waals surface area contributed by atoms with E-state index in [2.05, 4.69) is 28.9 Å². The summed E-state index contributed by atoms with van der Waals surface area (Å²) in [4.78, 5) is 0. The van der Waals surface area contributed by atoms with E-state index in [1.54, 1.807) is 0 Å². The first-order valence-electron chi connectivity index (χ1n) is 7.10. The van der Waals surface area contributed by atoms with Gasteiger partial charge in [0.05, 0.1) is 16.4 Å². The molecule has 2 rings (SSSR count). The number of nitrogens with zero attached hydrogens (tertiary/aromatic N) is 2. The van der Waals surface area contributed by atoms with Crippen LogP contribution in [0.3, 0.4) is 0 Å². The largest absolute Gasteiger partial charge is 0.314 e. The van der Waals surface area contributed by atoms with E-state index in [0.29, 0.717) is 6.04 Å². The van der Waals surface area contributed by atoms with Gasteiger partial charge in [-0.1, -0.05) is 24.9 Å². The number of nitrogens with one attached hydrogen (secondary N) is 1. The third kappa shape index (κ3) is 2.89. The van der Waals surface area contributed by atoms with Crippen LogP contribution in [0.2, 0.25) is 5.02 Å². The van der Waals surface area contributed by atoms with Gasteiger partial charge in [0, 0.05) is 19.0 Å². The molecule has 2 heterocycles. The zero-order valence-corrected chi connectivity index (χ0v) is 12.4. The van der Waals surface area contributed by atoms with Crippen LogP contribution in [0.4, 0.5) is 0 Å². The van der Waals surface area contributed by atoms with Gasteiger partial charge in [-0.3, -0.25) is 4.68 Å². The molecule has 1 fully saturated rings. The Morgan fingerprint density at radius 2 is 2.22 bits per heavy atom. The molecule has 0 spiro atoms. The summed E-state index contributed by atoms with van der Waals surface area (Å²) in [6.07, 6.45) is 4.87. The van der Waals surface area contributed by atoms with E-state index in [9.17, 15) is 0 Å². The summed E-state index contributed by atoms with van der Waals surface area (Å²) in [6, 6.07) is 0.558. The molecule has 1 saturated heterocycles. The molecule has 0 aliphatic carbocycles. The number of aryl methyl sites for hydroxylation is 2. The molecule has 2 unspecified atom stereocenters. The highest BCUT2D eigenvalue weighted by Gasteiger charge is 2.23. The molecule has 0 saturated carbocycles. The Morgan fingerprint density at radius 1 is 1.44 bits per heavy atom. The first-order valence-corrected chi connectivity index (χ1v) is 7.48. The zero-order valence-electron chi connectivity index (χ0n) is 11.7. The molecular weight excluding hydrogens is 246 g/mol. The molecule has 0 bridgehead atoms. The Balaban J connectivity index is 2.08. The van der Waals surface area contributed by atoms with Crippen molar-refractivity contribution in [2.75, 3.05) is 6.54 Å². The van der Waals surface area contributed by atoms with Crippen LogP contribution in [0, 0.1) is 12.8 Å². The molecule has 2 atom stereocenters. The predicted molar refractivity (Wildman–Crippen MR) is 76.2 cm³/mol. The van der Waals surface area contributed by atoms with Crippen molar-refractivity contribution in [1.82, 2.24) is 15.1 Å². The summed E-state index contributed by atoms with van der Waals surface area (Å²) >= 11 is 6.37. The molecular formula is C14H24ClN3. The minimum absolute atomic E-state index is 0.558. The Morgan fingerprint density at radius 3 is 2.89 bits per heavy atom. The maximum atomic E-state index is 6.37. The van der Waals surface area contributed by atoms with E-state index in [1.807, 2.05) is 6.92 Å². The highest BCUT2D eigenvalue weighted by molar-refractivity contribution is 6.31. The van der Waals surface area contributed by atoms with E-state index < -0.39 is 0 Å². The topological polar surface area (TPSA) is 29.9 Å². The van der Waals surface area contributed by atoms with Crippen molar-refractivity contribution in [3.8, 4) is 0 Å². The monoisotopic (exact) mass is 269 g/mol. The van der Waals surface area contributed by atoms with E-state index in [0.717, 1.165) is 36.1 Å². The van der Waals surface area contributed by atoms with Crippen LogP contribution in [0.5, 0.6) is 0 Å². The third-order valence-electron chi connectivity index (χ3n) is 4.07. The summed E-state index contributed by atoms with van der Waals surface area (Å²) in [6.45, 7) is 8.43. The quantitative estimate of drug-likeness (QED) is 0.910. The van der Waals surface area contributed by atoms with Gasteiger partial charge >= 0.3 is 0 Å². The number of hydrogen-bond acceptors (Lipinski definition) is 2. The molecule has 18 heavy (non-hydrogen) atoms. The standard InChI is InChI=1S/C14H24ClN3/c1-4-11-6-7-16-12(8-11)9-13-14(15)10(3)17-18(13)5-2/h11-12,16H,4-9H2,1-3H3. The van der Waals surface area contributed by atoms with Gasteiger partial charge in [0.15, 0.2) is 0 Å². The van der Waals surface area contributed by atoms with Crippen LogP contribution in [-0.4, -0.2) is 22.4 Å². The van der Waals surface area contributed by atoms with Gasteiger partial charge in [-0.05, 0) is 39.2 Å². The third-order valence-corrected chi connectivity index (χ3v) is 4.57. The molecule has 0 aromatic carbocycles. The summed E-state index contributed by atoms with van der Waals surface area (Å²) in [5, 5.41) is 8.97.